The van der Waals surface area contributed by atoms with E-state index >= 15 is 0 Å². The van der Waals surface area contributed by atoms with Crippen LogP contribution < -0.4 is 5.32 Å². The molecule has 98 valence electrons. The van der Waals surface area contributed by atoms with Crippen LogP contribution in [0.3, 0.4) is 0 Å². The Morgan fingerprint density at radius 2 is 2.17 bits per heavy atom. The molecule has 1 nitrogen and oxygen atoms in total. The third kappa shape index (κ3) is 4.15. The third-order valence-corrected chi connectivity index (χ3v) is 3.98. The first-order chi connectivity index (χ1) is 8.75. The Bertz CT molecular complexity index is 423. The molecule has 18 heavy (non-hydrogen) atoms. The lowest BCUT2D eigenvalue weighted by Gasteiger charge is -2.13. The molecule has 0 fully saturated rings. The third-order valence-electron chi connectivity index (χ3n) is 3.57. The molecule has 1 N–H and O–H groups in total. The second-order valence-corrected chi connectivity index (χ2v) is 5.53. The van der Waals surface area contributed by atoms with Crippen molar-refractivity contribution < 1.29 is 0 Å². The summed E-state index contributed by atoms with van der Waals surface area (Å²) < 4.78 is 0. The molecule has 0 heterocycles. The minimum Gasteiger partial charge on any atom is -0.312 e. The van der Waals surface area contributed by atoms with Gasteiger partial charge in [0.1, 0.15) is 0 Å². The molecule has 1 aromatic rings. The second kappa shape index (κ2) is 6.96. The van der Waals surface area contributed by atoms with Gasteiger partial charge in [-0.15, -0.1) is 0 Å². The van der Waals surface area contributed by atoms with Crippen LogP contribution in [0.25, 0.3) is 0 Å². The van der Waals surface area contributed by atoms with Gasteiger partial charge in [0.2, 0.25) is 0 Å². The summed E-state index contributed by atoms with van der Waals surface area (Å²) in [5.41, 5.74) is 4.05. The highest BCUT2D eigenvalue weighted by atomic mass is 35.5. The molecule has 0 aliphatic heterocycles. The van der Waals surface area contributed by atoms with E-state index < -0.39 is 0 Å². The molecule has 1 aromatic carbocycles. The van der Waals surface area contributed by atoms with Crippen molar-refractivity contribution in [1.82, 2.24) is 5.32 Å². The van der Waals surface area contributed by atoms with Gasteiger partial charge in [-0.3, -0.25) is 0 Å². The van der Waals surface area contributed by atoms with Gasteiger partial charge in [0.05, 0.1) is 0 Å². The molecular formula is C16H22ClN. The van der Waals surface area contributed by atoms with Crippen LogP contribution in [0.1, 0.15) is 43.2 Å². The Labute approximate surface area is 115 Å². The van der Waals surface area contributed by atoms with E-state index in [1.165, 1.54) is 37.7 Å². The van der Waals surface area contributed by atoms with Crippen LogP contribution in [0.2, 0.25) is 5.02 Å². The highest BCUT2D eigenvalue weighted by Gasteiger charge is 2.03. The molecule has 0 saturated heterocycles. The quantitative estimate of drug-likeness (QED) is 0.603. The van der Waals surface area contributed by atoms with Crippen molar-refractivity contribution in [3.63, 3.8) is 0 Å². The molecule has 0 radical (unpaired) electrons. The largest absolute Gasteiger partial charge is 0.312 e. The molecule has 0 atom stereocenters. The number of aryl methyl sites for hydroxylation is 1. The smallest absolute Gasteiger partial charge is 0.0438 e. The number of allylic oxidation sites excluding steroid dienone is 1. The average Bonchev–Trinajstić information content (AvgIpc) is 2.40. The van der Waals surface area contributed by atoms with E-state index in [1.54, 1.807) is 5.57 Å². The van der Waals surface area contributed by atoms with Crippen LogP contribution >= 0.6 is 11.6 Å². The zero-order chi connectivity index (χ0) is 12.8. The summed E-state index contributed by atoms with van der Waals surface area (Å²) >= 11 is 6.11. The maximum Gasteiger partial charge on any atom is 0.0438 e. The molecule has 0 unspecified atom stereocenters. The van der Waals surface area contributed by atoms with Crippen LogP contribution in [0.5, 0.6) is 0 Å². The van der Waals surface area contributed by atoms with Crippen LogP contribution in [-0.4, -0.2) is 6.54 Å². The zero-order valence-electron chi connectivity index (χ0n) is 11.1. The fourth-order valence-corrected chi connectivity index (χ4v) is 2.56. The Morgan fingerprint density at radius 3 is 2.89 bits per heavy atom. The first kappa shape index (κ1) is 13.6. The van der Waals surface area contributed by atoms with Crippen molar-refractivity contribution in [3.05, 3.63) is 46.0 Å². The Kier molecular flexibility index (Phi) is 5.27. The van der Waals surface area contributed by atoms with Gasteiger partial charge in [-0.05, 0) is 62.8 Å². The minimum atomic E-state index is 0.865. The van der Waals surface area contributed by atoms with E-state index in [4.69, 9.17) is 11.6 Å². The van der Waals surface area contributed by atoms with Gasteiger partial charge in [0.15, 0.2) is 0 Å². The molecule has 2 heteroatoms. The summed E-state index contributed by atoms with van der Waals surface area (Å²) in [4.78, 5) is 0. The van der Waals surface area contributed by atoms with Crippen molar-refractivity contribution in [2.75, 3.05) is 6.54 Å². The number of nitrogens with one attached hydrogen (secondary N) is 1. The van der Waals surface area contributed by atoms with Gasteiger partial charge in [-0.25, -0.2) is 0 Å². The molecule has 1 aliphatic carbocycles. The van der Waals surface area contributed by atoms with Crippen molar-refractivity contribution in [2.24, 2.45) is 0 Å². The molecule has 0 bridgehead atoms. The monoisotopic (exact) mass is 263 g/mol. The number of hydrogen-bond donors (Lipinski definition) is 1. The van der Waals surface area contributed by atoms with E-state index in [0.29, 0.717) is 0 Å². The molecule has 0 spiro atoms. The lowest BCUT2D eigenvalue weighted by molar-refractivity contribution is 0.632. The lowest BCUT2D eigenvalue weighted by atomic mass is 9.97. The highest BCUT2D eigenvalue weighted by Crippen LogP contribution is 2.19. The summed E-state index contributed by atoms with van der Waals surface area (Å²) in [6.07, 6.45) is 8.95. The van der Waals surface area contributed by atoms with Crippen molar-refractivity contribution in [3.8, 4) is 0 Å². The maximum atomic E-state index is 6.11. The first-order valence-electron chi connectivity index (χ1n) is 6.89. The molecule has 2 rings (SSSR count). The van der Waals surface area contributed by atoms with E-state index in [0.717, 1.165) is 23.7 Å². The summed E-state index contributed by atoms with van der Waals surface area (Å²) in [7, 11) is 0. The second-order valence-electron chi connectivity index (χ2n) is 5.12. The Hall–Kier alpha value is -0.790. The van der Waals surface area contributed by atoms with Gasteiger partial charge in [0, 0.05) is 11.6 Å². The predicted molar refractivity (Wildman–Crippen MR) is 79.1 cm³/mol. The van der Waals surface area contributed by atoms with Crippen LogP contribution in [0.4, 0.5) is 0 Å². The molecule has 0 aromatic heterocycles. The van der Waals surface area contributed by atoms with Crippen molar-refractivity contribution in [2.45, 2.75) is 45.6 Å². The standard InChI is InChI=1S/C16H22ClN/c1-13-7-8-15(11-16(13)17)12-18-10-9-14-5-3-2-4-6-14/h5,7-8,11,18H,2-4,6,9-10,12H2,1H3. The van der Waals surface area contributed by atoms with Crippen molar-refractivity contribution >= 4 is 11.6 Å². The molecule has 1 aliphatic rings. The number of benzene rings is 1. The maximum absolute atomic E-state index is 6.11. The number of halogens is 1. The predicted octanol–water partition coefficient (Wildman–Crippen LogP) is 4.63. The van der Waals surface area contributed by atoms with Crippen LogP contribution in [0.15, 0.2) is 29.8 Å². The Morgan fingerprint density at radius 1 is 1.28 bits per heavy atom. The van der Waals surface area contributed by atoms with Crippen LogP contribution in [0, 0.1) is 6.92 Å². The SMILES string of the molecule is Cc1ccc(CNCCC2=CCCCC2)cc1Cl. The summed E-state index contributed by atoms with van der Waals surface area (Å²) in [6, 6.07) is 6.29. The Balaban J connectivity index is 1.71. The van der Waals surface area contributed by atoms with E-state index in [9.17, 15) is 0 Å². The fraction of sp³-hybridized carbons (Fsp3) is 0.500. The topological polar surface area (TPSA) is 12.0 Å². The minimum absolute atomic E-state index is 0.865. The highest BCUT2D eigenvalue weighted by molar-refractivity contribution is 6.31. The summed E-state index contributed by atoms with van der Waals surface area (Å²) in [5.74, 6) is 0. The fourth-order valence-electron chi connectivity index (χ4n) is 2.36. The van der Waals surface area contributed by atoms with E-state index in [1.807, 2.05) is 6.92 Å². The summed E-state index contributed by atoms with van der Waals surface area (Å²) in [6.45, 7) is 4.01. The van der Waals surface area contributed by atoms with Crippen molar-refractivity contribution in [1.29, 1.82) is 0 Å². The average molecular weight is 264 g/mol. The molecular weight excluding hydrogens is 242 g/mol. The van der Waals surface area contributed by atoms with Gasteiger partial charge >= 0.3 is 0 Å². The van der Waals surface area contributed by atoms with E-state index in [2.05, 4.69) is 29.6 Å². The first-order valence-corrected chi connectivity index (χ1v) is 7.27. The lowest BCUT2D eigenvalue weighted by Crippen LogP contribution is -2.15. The zero-order valence-corrected chi connectivity index (χ0v) is 11.9. The van der Waals surface area contributed by atoms with Gasteiger partial charge in [0.25, 0.3) is 0 Å². The number of rotatable bonds is 5. The molecule has 0 amide bonds. The molecule has 0 saturated carbocycles. The normalized spacial score (nSPS) is 15.6. The van der Waals surface area contributed by atoms with E-state index in [-0.39, 0.29) is 0 Å². The van der Waals surface area contributed by atoms with Gasteiger partial charge in [-0.1, -0.05) is 35.4 Å². The number of hydrogen-bond acceptors (Lipinski definition) is 1. The summed E-state index contributed by atoms with van der Waals surface area (Å²) in [5, 5.41) is 4.36. The van der Waals surface area contributed by atoms with Gasteiger partial charge in [-0.2, -0.15) is 0 Å². The van der Waals surface area contributed by atoms with Crippen LogP contribution in [-0.2, 0) is 6.54 Å². The van der Waals surface area contributed by atoms with Gasteiger partial charge < -0.3 is 5.32 Å².